The molecular weight excluding hydrogens is 228 g/mol. The van der Waals surface area contributed by atoms with Crippen LogP contribution >= 0.6 is 0 Å². The molecule has 0 aliphatic carbocycles. The molecule has 106 valence electrons. The van der Waals surface area contributed by atoms with Crippen molar-refractivity contribution in [3.05, 3.63) is 0 Å². The van der Waals surface area contributed by atoms with Crippen molar-refractivity contribution in [2.45, 2.75) is 51.4 Å². The number of rotatable bonds is 11. The topological polar surface area (TPSA) is 132 Å². The minimum atomic E-state index is 0.318. The lowest BCUT2D eigenvalue weighted by atomic mass is 10.1. The fourth-order valence-electron chi connectivity index (χ4n) is 1.78. The van der Waals surface area contributed by atoms with Crippen LogP contribution in [0.3, 0.4) is 0 Å². The molecule has 18 heavy (non-hydrogen) atoms. The second-order valence-corrected chi connectivity index (χ2v) is 4.59. The molecule has 0 aromatic rings. The quantitative estimate of drug-likeness (QED) is 0.132. The Balaban J connectivity index is 3.08. The number of unbranched alkanes of at least 4 members (excludes halogenated alkanes) is 7. The number of hydrogen-bond donors (Lipinski definition) is 6. The van der Waals surface area contributed by atoms with Gasteiger partial charge in [0.05, 0.1) is 13.1 Å². The van der Waals surface area contributed by atoms with E-state index >= 15 is 0 Å². The van der Waals surface area contributed by atoms with Gasteiger partial charge in [0, 0.05) is 0 Å². The SMILES string of the molecule is NC(N)=[NH+]CCCCCCCCCC[NH+]=C(N)N. The first-order valence-corrected chi connectivity index (χ1v) is 6.86. The van der Waals surface area contributed by atoms with E-state index in [0.29, 0.717) is 11.9 Å². The average molecular weight is 258 g/mol. The van der Waals surface area contributed by atoms with Crippen LogP contribution in [-0.4, -0.2) is 25.0 Å². The van der Waals surface area contributed by atoms with Crippen molar-refractivity contribution in [1.29, 1.82) is 0 Å². The van der Waals surface area contributed by atoms with Gasteiger partial charge in [-0.05, 0) is 12.8 Å². The van der Waals surface area contributed by atoms with Crippen molar-refractivity contribution >= 4 is 11.9 Å². The zero-order valence-corrected chi connectivity index (χ0v) is 11.4. The Bertz CT molecular complexity index is 215. The first-order valence-electron chi connectivity index (χ1n) is 6.86. The third-order valence-corrected chi connectivity index (χ3v) is 2.76. The standard InChI is InChI=1S/C12H28N6/c13-11(14)17-9-7-5-3-1-2-4-6-8-10-18-12(15)16/h1-10H2,(H4,13,14,17)(H4,15,16,18)/p+2. The highest BCUT2D eigenvalue weighted by Crippen LogP contribution is 2.07. The summed E-state index contributed by atoms with van der Waals surface area (Å²) in [7, 11) is 0. The summed E-state index contributed by atoms with van der Waals surface area (Å²) >= 11 is 0. The maximum Gasteiger partial charge on any atom is 0.338 e. The van der Waals surface area contributed by atoms with Gasteiger partial charge in [-0.15, -0.1) is 0 Å². The largest absolute Gasteiger partial charge is 0.338 e. The van der Waals surface area contributed by atoms with E-state index in [1.165, 1.54) is 38.5 Å². The van der Waals surface area contributed by atoms with Crippen LogP contribution in [-0.2, 0) is 0 Å². The maximum atomic E-state index is 5.29. The monoisotopic (exact) mass is 258 g/mol. The van der Waals surface area contributed by atoms with E-state index in [9.17, 15) is 0 Å². The van der Waals surface area contributed by atoms with Crippen LogP contribution in [0.25, 0.3) is 0 Å². The van der Waals surface area contributed by atoms with Gasteiger partial charge in [0.15, 0.2) is 0 Å². The van der Waals surface area contributed by atoms with Crippen LogP contribution in [0.4, 0.5) is 0 Å². The Morgan fingerprint density at radius 1 is 0.500 bits per heavy atom. The lowest BCUT2D eigenvalue weighted by Crippen LogP contribution is -2.78. The summed E-state index contributed by atoms with van der Waals surface area (Å²) in [5, 5.41) is 0. The van der Waals surface area contributed by atoms with Gasteiger partial charge in [0.2, 0.25) is 0 Å². The highest BCUT2D eigenvalue weighted by molar-refractivity contribution is 5.69. The Hall–Kier alpha value is -1.46. The summed E-state index contributed by atoms with van der Waals surface area (Å²) in [6, 6.07) is 0. The van der Waals surface area contributed by atoms with Gasteiger partial charge in [-0.25, -0.2) is 0 Å². The molecule has 0 amide bonds. The summed E-state index contributed by atoms with van der Waals surface area (Å²) < 4.78 is 0. The molecule has 0 saturated carbocycles. The van der Waals surface area contributed by atoms with Crippen LogP contribution in [0, 0.1) is 0 Å². The summed E-state index contributed by atoms with van der Waals surface area (Å²) in [4.78, 5) is 5.85. The molecule has 0 spiro atoms. The molecule has 0 rings (SSSR count). The smallest absolute Gasteiger partial charge is 0.291 e. The Morgan fingerprint density at radius 3 is 1.06 bits per heavy atom. The van der Waals surface area contributed by atoms with Gasteiger partial charge >= 0.3 is 11.9 Å². The minimum Gasteiger partial charge on any atom is -0.291 e. The summed E-state index contributed by atoms with van der Waals surface area (Å²) in [6.07, 6.45) is 9.92. The molecule has 10 N–H and O–H groups in total. The normalized spacial score (nSPS) is 10.0. The van der Waals surface area contributed by atoms with E-state index in [1.807, 2.05) is 0 Å². The van der Waals surface area contributed by atoms with Crippen molar-refractivity contribution in [2.24, 2.45) is 22.9 Å². The third kappa shape index (κ3) is 14.5. The van der Waals surface area contributed by atoms with Gasteiger partial charge in [0.25, 0.3) is 0 Å². The van der Waals surface area contributed by atoms with Crippen LogP contribution in [0.2, 0.25) is 0 Å². The molecule has 6 heteroatoms. The molecule has 0 unspecified atom stereocenters. The summed E-state index contributed by atoms with van der Waals surface area (Å²) in [5.74, 6) is 0.637. The predicted molar refractivity (Wildman–Crippen MR) is 75.4 cm³/mol. The first-order chi connectivity index (χ1) is 8.63. The molecule has 0 aliphatic heterocycles. The number of guanidine groups is 2. The average Bonchev–Trinajstić information content (AvgIpc) is 2.29. The van der Waals surface area contributed by atoms with Gasteiger partial charge in [0.1, 0.15) is 0 Å². The Labute approximate surface area is 110 Å². The van der Waals surface area contributed by atoms with E-state index in [-0.39, 0.29) is 0 Å². The van der Waals surface area contributed by atoms with Crippen molar-refractivity contribution < 1.29 is 9.98 Å². The lowest BCUT2D eigenvalue weighted by Gasteiger charge is -2.00. The van der Waals surface area contributed by atoms with Crippen LogP contribution in [0.1, 0.15) is 51.4 Å². The highest BCUT2D eigenvalue weighted by atomic mass is 15.0. The molecule has 0 heterocycles. The number of hydrogen-bond acceptors (Lipinski definition) is 0. The highest BCUT2D eigenvalue weighted by Gasteiger charge is 1.93. The van der Waals surface area contributed by atoms with Crippen LogP contribution < -0.4 is 32.9 Å². The Kier molecular flexibility index (Phi) is 11.0. The van der Waals surface area contributed by atoms with E-state index in [4.69, 9.17) is 22.9 Å². The third-order valence-electron chi connectivity index (χ3n) is 2.76. The van der Waals surface area contributed by atoms with E-state index in [0.717, 1.165) is 25.9 Å². The lowest BCUT2D eigenvalue weighted by molar-refractivity contribution is -0.460. The molecule has 0 bridgehead atoms. The van der Waals surface area contributed by atoms with Gasteiger partial charge in [-0.2, -0.15) is 0 Å². The molecule has 0 fully saturated rings. The van der Waals surface area contributed by atoms with Gasteiger partial charge < -0.3 is 0 Å². The number of nitrogens with two attached hydrogens (primary N) is 4. The zero-order valence-electron chi connectivity index (χ0n) is 11.4. The van der Waals surface area contributed by atoms with E-state index in [2.05, 4.69) is 9.98 Å². The first kappa shape index (κ1) is 16.5. The van der Waals surface area contributed by atoms with Crippen molar-refractivity contribution in [1.82, 2.24) is 0 Å². The van der Waals surface area contributed by atoms with Crippen LogP contribution in [0.15, 0.2) is 0 Å². The fraction of sp³-hybridized carbons (Fsp3) is 0.833. The molecule has 0 atom stereocenters. The molecule has 0 aromatic carbocycles. The second-order valence-electron chi connectivity index (χ2n) is 4.59. The molecule has 6 nitrogen and oxygen atoms in total. The Morgan fingerprint density at radius 2 is 0.778 bits per heavy atom. The van der Waals surface area contributed by atoms with Gasteiger partial charge in [-0.3, -0.25) is 32.9 Å². The summed E-state index contributed by atoms with van der Waals surface area (Å²) in [6.45, 7) is 1.76. The maximum absolute atomic E-state index is 5.29. The van der Waals surface area contributed by atoms with Crippen molar-refractivity contribution in [2.75, 3.05) is 13.1 Å². The van der Waals surface area contributed by atoms with Crippen molar-refractivity contribution in [3.8, 4) is 0 Å². The van der Waals surface area contributed by atoms with E-state index in [1.54, 1.807) is 0 Å². The molecule has 0 saturated heterocycles. The number of nitrogens with one attached hydrogen (secondary N) is 2. The predicted octanol–water partition coefficient (Wildman–Crippen LogP) is -3.18. The summed E-state index contributed by atoms with van der Waals surface area (Å²) in [5.41, 5.74) is 21.2. The van der Waals surface area contributed by atoms with Crippen LogP contribution in [0.5, 0.6) is 0 Å². The van der Waals surface area contributed by atoms with Crippen molar-refractivity contribution in [3.63, 3.8) is 0 Å². The minimum absolute atomic E-state index is 0.318. The molecule has 0 aromatic heterocycles. The molecule has 0 aliphatic rings. The van der Waals surface area contributed by atoms with E-state index < -0.39 is 0 Å². The zero-order chi connectivity index (χ0) is 13.6. The fourth-order valence-corrected chi connectivity index (χ4v) is 1.78. The van der Waals surface area contributed by atoms with Gasteiger partial charge in [-0.1, -0.05) is 38.5 Å². The molecule has 0 radical (unpaired) electrons. The second kappa shape index (κ2) is 12.0. The molecular formula is C12H30N6+2.